The van der Waals surface area contributed by atoms with Crippen molar-refractivity contribution in [2.45, 2.75) is 84.7 Å². The molecule has 4 rings (SSSR count). The zero-order valence-electron chi connectivity index (χ0n) is 16.1. The predicted octanol–water partition coefficient (Wildman–Crippen LogP) is 4.60. The zero-order valence-corrected chi connectivity index (χ0v) is 15.1. The fourth-order valence-corrected chi connectivity index (χ4v) is 7.59. The van der Waals surface area contributed by atoms with Crippen molar-refractivity contribution in [2.24, 2.45) is 40.4 Å². The van der Waals surface area contributed by atoms with Crippen molar-refractivity contribution in [1.82, 2.24) is 0 Å². The summed E-state index contributed by atoms with van der Waals surface area (Å²) in [6, 6.07) is 0. The highest BCUT2D eigenvalue weighted by atomic mass is 16.3. The van der Waals surface area contributed by atoms with E-state index < -0.39 is 5.89 Å². The quantitative estimate of drug-likeness (QED) is 0.767. The number of ketones is 1. The van der Waals surface area contributed by atoms with E-state index in [-0.39, 0.29) is 22.9 Å². The number of rotatable bonds is 1. The monoisotopic (exact) mass is 319 g/mol. The van der Waals surface area contributed by atoms with E-state index in [0.29, 0.717) is 30.0 Å². The second-order valence-electron chi connectivity index (χ2n) is 9.62. The molecule has 4 fully saturated rings. The van der Waals surface area contributed by atoms with Crippen LogP contribution in [0.2, 0.25) is 0 Å². The summed E-state index contributed by atoms with van der Waals surface area (Å²) in [4.78, 5) is 12.2. The number of hydrogen-bond donors (Lipinski definition) is 1. The maximum atomic E-state index is 12.2. The first-order valence-electron chi connectivity index (χ1n) is 10.4. The van der Waals surface area contributed by atoms with Gasteiger partial charge in [-0.15, -0.1) is 0 Å². The molecule has 0 aromatic rings. The van der Waals surface area contributed by atoms with Gasteiger partial charge in [0.15, 0.2) is 0 Å². The Labute approximate surface area is 142 Å². The van der Waals surface area contributed by atoms with Crippen molar-refractivity contribution >= 4 is 5.78 Å². The van der Waals surface area contributed by atoms with Crippen LogP contribution in [0.4, 0.5) is 0 Å². The van der Waals surface area contributed by atoms with Crippen molar-refractivity contribution in [3.63, 3.8) is 0 Å². The second kappa shape index (κ2) is 5.31. The van der Waals surface area contributed by atoms with E-state index in [0.717, 1.165) is 38.5 Å². The molecular formula is C21H34O2. The Morgan fingerprint density at radius 3 is 2.43 bits per heavy atom. The van der Waals surface area contributed by atoms with Crippen LogP contribution in [-0.4, -0.2) is 17.0 Å². The molecule has 1 N–H and O–H groups in total. The molecule has 0 aliphatic heterocycles. The van der Waals surface area contributed by atoms with Crippen molar-refractivity contribution < 1.29 is 11.3 Å². The normalized spacial score (nSPS) is 59.5. The van der Waals surface area contributed by atoms with E-state index in [1.54, 1.807) is 6.92 Å². The molecule has 8 atom stereocenters. The van der Waals surface area contributed by atoms with Gasteiger partial charge in [0.2, 0.25) is 0 Å². The highest BCUT2D eigenvalue weighted by Gasteiger charge is 2.60. The first-order valence-corrected chi connectivity index (χ1v) is 9.90. The Morgan fingerprint density at radius 1 is 1.00 bits per heavy atom. The molecule has 4 aliphatic carbocycles. The van der Waals surface area contributed by atoms with Crippen LogP contribution in [0.5, 0.6) is 0 Å². The van der Waals surface area contributed by atoms with Gasteiger partial charge in [0.25, 0.3) is 0 Å². The summed E-state index contributed by atoms with van der Waals surface area (Å²) in [7, 11) is 0. The topological polar surface area (TPSA) is 37.3 Å². The molecular weight excluding hydrogens is 284 g/mol. The van der Waals surface area contributed by atoms with Crippen LogP contribution in [0, 0.1) is 40.4 Å². The molecule has 0 heterocycles. The average molecular weight is 320 g/mol. The maximum absolute atomic E-state index is 12.2. The summed E-state index contributed by atoms with van der Waals surface area (Å²) in [6.45, 7) is 6.55. The molecule has 0 bridgehead atoms. The number of fused-ring (bicyclic) bond motifs is 5. The number of carbonyl (C=O) groups excluding carboxylic acids is 1. The van der Waals surface area contributed by atoms with Gasteiger partial charge in [-0.1, -0.05) is 13.8 Å². The van der Waals surface area contributed by atoms with E-state index in [4.69, 9.17) is 1.37 Å². The van der Waals surface area contributed by atoms with Crippen molar-refractivity contribution in [3.05, 3.63) is 0 Å². The molecule has 0 unspecified atom stereocenters. The highest BCUT2D eigenvalue weighted by Crippen LogP contribution is 2.67. The van der Waals surface area contributed by atoms with Crippen LogP contribution in [0.25, 0.3) is 0 Å². The number of hydrogen-bond acceptors (Lipinski definition) is 2. The molecule has 0 spiro atoms. The zero-order chi connectivity index (χ0) is 17.3. The number of aliphatic hydroxyl groups excluding tert-OH is 1. The Hall–Kier alpha value is -0.370. The van der Waals surface area contributed by atoms with Gasteiger partial charge in [-0.3, -0.25) is 4.79 Å². The van der Waals surface area contributed by atoms with Gasteiger partial charge in [-0.2, -0.15) is 0 Å². The van der Waals surface area contributed by atoms with Gasteiger partial charge >= 0.3 is 0 Å². The maximum Gasteiger partial charge on any atom is 0.133 e. The van der Waals surface area contributed by atoms with E-state index >= 15 is 0 Å². The minimum absolute atomic E-state index is 0.0603. The van der Waals surface area contributed by atoms with Gasteiger partial charge in [-0.25, -0.2) is 0 Å². The van der Waals surface area contributed by atoms with Gasteiger partial charge in [0.05, 0.1) is 6.10 Å². The second-order valence-corrected chi connectivity index (χ2v) is 9.62. The molecule has 0 aromatic heterocycles. The Balaban J connectivity index is 1.65. The molecule has 0 saturated heterocycles. The smallest absolute Gasteiger partial charge is 0.133 e. The number of aliphatic hydroxyl groups is 1. The van der Waals surface area contributed by atoms with Gasteiger partial charge in [0.1, 0.15) is 5.78 Å². The molecule has 23 heavy (non-hydrogen) atoms. The lowest BCUT2D eigenvalue weighted by Crippen LogP contribution is -2.54. The van der Waals surface area contributed by atoms with Crippen molar-refractivity contribution in [1.29, 1.82) is 0 Å². The van der Waals surface area contributed by atoms with E-state index in [9.17, 15) is 9.90 Å². The molecule has 0 radical (unpaired) electrons. The standard InChI is InChI=1S/C21H34O2/c1-13(22)17-6-7-18-16-5-4-14-12-15(23)8-10-20(14,2)19(16)9-11-21(17,18)3/h14-19,23H,4-12H2,1-3H3/t14-,15+,16-,17+,18-,19-,20-,21+/m0/s1/i14D. The fraction of sp³-hybridized carbons (Fsp3) is 0.952. The predicted molar refractivity (Wildman–Crippen MR) is 91.9 cm³/mol. The van der Waals surface area contributed by atoms with Crippen LogP contribution < -0.4 is 0 Å². The highest BCUT2D eigenvalue weighted by molar-refractivity contribution is 5.79. The molecule has 4 aliphatic rings. The van der Waals surface area contributed by atoms with Crippen LogP contribution in [0.15, 0.2) is 0 Å². The summed E-state index contributed by atoms with van der Waals surface area (Å²) in [5.74, 6) is 2.24. The Morgan fingerprint density at radius 2 is 1.70 bits per heavy atom. The average Bonchev–Trinajstić information content (AvgIpc) is 2.86. The molecule has 2 nitrogen and oxygen atoms in total. The SMILES string of the molecule is [2H][C@@]12CC[C@H]3[C@@H]4CC[C@H](C(C)=O)[C@@]4(C)CC[C@@H]3[C@@]1(C)CC[C@@H](O)C2. The van der Waals surface area contributed by atoms with Gasteiger partial charge in [-0.05, 0) is 99.2 Å². The summed E-state index contributed by atoms with van der Waals surface area (Å²) < 4.78 is 9.16. The summed E-state index contributed by atoms with van der Waals surface area (Å²) in [5.41, 5.74) is 0.268. The van der Waals surface area contributed by atoms with Gasteiger partial charge < -0.3 is 5.11 Å². The third-order valence-electron chi connectivity index (χ3n) is 8.81. The van der Waals surface area contributed by atoms with Crippen LogP contribution in [0.3, 0.4) is 0 Å². The third-order valence-corrected chi connectivity index (χ3v) is 8.81. The largest absolute Gasteiger partial charge is 0.393 e. The summed E-state index contributed by atoms with van der Waals surface area (Å²) >= 11 is 0. The van der Waals surface area contributed by atoms with Crippen LogP contribution in [0.1, 0.15) is 79.9 Å². The number of Topliss-reactive ketones (excluding diaryl/α,β-unsaturated/α-hetero) is 1. The molecule has 0 amide bonds. The molecule has 0 aromatic carbocycles. The number of carbonyl (C=O) groups is 1. The molecule has 130 valence electrons. The van der Waals surface area contributed by atoms with Crippen molar-refractivity contribution in [2.75, 3.05) is 0 Å². The van der Waals surface area contributed by atoms with E-state index in [2.05, 4.69) is 13.8 Å². The summed E-state index contributed by atoms with van der Waals surface area (Å²) in [6.07, 6.45) is 9.02. The summed E-state index contributed by atoms with van der Waals surface area (Å²) in [5, 5.41) is 10.2. The lowest BCUT2D eigenvalue weighted by atomic mass is 9.44. The first kappa shape index (κ1) is 14.9. The Bertz CT molecular complexity index is 548. The molecule has 4 saturated carbocycles. The van der Waals surface area contributed by atoms with E-state index in [1.807, 2.05) is 0 Å². The van der Waals surface area contributed by atoms with Crippen LogP contribution in [-0.2, 0) is 4.79 Å². The first-order chi connectivity index (χ1) is 11.2. The molecule has 2 heteroatoms. The van der Waals surface area contributed by atoms with Crippen molar-refractivity contribution in [3.8, 4) is 0 Å². The minimum atomic E-state index is -0.432. The Kier molecular flexibility index (Phi) is 3.45. The third kappa shape index (κ3) is 2.19. The lowest BCUT2D eigenvalue weighted by molar-refractivity contribution is -0.138. The van der Waals surface area contributed by atoms with E-state index in [1.165, 1.54) is 12.8 Å². The van der Waals surface area contributed by atoms with Crippen LogP contribution >= 0.6 is 0 Å². The fourth-order valence-electron chi connectivity index (χ4n) is 7.59. The van der Waals surface area contributed by atoms with Gasteiger partial charge in [0, 0.05) is 7.29 Å². The minimum Gasteiger partial charge on any atom is -0.393 e. The lowest BCUT2D eigenvalue weighted by Gasteiger charge is -2.60.